The van der Waals surface area contributed by atoms with E-state index in [1.54, 1.807) is 11.3 Å². The average molecular weight is 341 g/mol. The lowest BCUT2D eigenvalue weighted by Gasteiger charge is -2.40. The van der Waals surface area contributed by atoms with Crippen LogP contribution in [-0.2, 0) is 6.42 Å². The second-order valence-corrected chi connectivity index (χ2v) is 7.98. The highest BCUT2D eigenvalue weighted by Gasteiger charge is 2.27. The number of hydrogen-bond acceptors (Lipinski definition) is 5. The lowest BCUT2D eigenvalue weighted by Crippen LogP contribution is -2.51. The summed E-state index contributed by atoms with van der Waals surface area (Å²) in [5.74, 6) is 2.52. The Morgan fingerprint density at radius 1 is 1.27 bits per heavy atom. The molecule has 0 bridgehead atoms. The molecule has 1 aromatic rings. The van der Waals surface area contributed by atoms with E-state index in [1.807, 2.05) is 16.5 Å². The summed E-state index contributed by atoms with van der Waals surface area (Å²) in [4.78, 5) is 21.0. The molecule has 3 rings (SSSR count). The average Bonchev–Trinajstić information content (AvgIpc) is 3.09. The molecule has 7 heteroatoms. The second kappa shape index (κ2) is 8.17. The quantitative estimate of drug-likeness (QED) is 0.910. The van der Waals surface area contributed by atoms with Gasteiger partial charge in [0.25, 0.3) is 0 Å². The molecule has 0 aliphatic carbocycles. The van der Waals surface area contributed by atoms with Crippen molar-refractivity contribution in [2.24, 2.45) is 0 Å². The van der Waals surface area contributed by atoms with Gasteiger partial charge in [-0.2, -0.15) is 11.8 Å². The fraction of sp³-hybridized carbons (Fsp3) is 0.733. The van der Waals surface area contributed by atoms with Crippen molar-refractivity contribution in [2.75, 3.05) is 44.2 Å². The van der Waals surface area contributed by atoms with Crippen LogP contribution in [0.15, 0.2) is 11.6 Å². The van der Waals surface area contributed by atoms with E-state index in [4.69, 9.17) is 0 Å². The minimum atomic E-state index is 0.0872. The monoisotopic (exact) mass is 340 g/mol. The zero-order valence-corrected chi connectivity index (χ0v) is 14.5. The molecule has 2 saturated heterocycles. The number of carbonyl (C=O) groups is 1. The van der Waals surface area contributed by atoms with Crippen molar-refractivity contribution >= 4 is 29.1 Å². The molecule has 0 atom stereocenters. The van der Waals surface area contributed by atoms with Gasteiger partial charge in [-0.15, -0.1) is 11.3 Å². The summed E-state index contributed by atoms with van der Waals surface area (Å²) in [6.07, 6.45) is 4.87. The maximum Gasteiger partial charge on any atom is 0.317 e. The third-order valence-electron chi connectivity index (χ3n) is 4.41. The summed E-state index contributed by atoms with van der Waals surface area (Å²) in [6, 6.07) is 0.768. The van der Waals surface area contributed by atoms with E-state index >= 15 is 0 Å². The van der Waals surface area contributed by atoms with Gasteiger partial charge < -0.3 is 10.2 Å². The van der Waals surface area contributed by atoms with Crippen LogP contribution in [0.1, 0.15) is 17.8 Å². The summed E-state index contributed by atoms with van der Waals surface area (Å²) in [7, 11) is 0. The van der Waals surface area contributed by atoms with Crippen LogP contribution in [0.3, 0.4) is 0 Å². The summed E-state index contributed by atoms with van der Waals surface area (Å²) in [5.41, 5.74) is 0. The summed E-state index contributed by atoms with van der Waals surface area (Å²) < 4.78 is 0. The lowest BCUT2D eigenvalue weighted by molar-refractivity contribution is 0.124. The van der Waals surface area contributed by atoms with E-state index in [9.17, 15) is 4.79 Å². The number of carbonyl (C=O) groups excluding carboxylic acids is 1. The Balaban J connectivity index is 1.36. The number of nitrogens with one attached hydrogen (secondary N) is 1. The molecule has 0 radical (unpaired) electrons. The minimum Gasteiger partial charge on any atom is -0.338 e. The fourth-order valence-electron chi connectivity index (χ4n) is 3.14. The van der Waals surface area contributed by atoms with Crippen LogP contribution in [0.4, 0.5) is 4.79 Å². The van der Waals surface area contributed by atoms with Crippen LogP contribution in [0.25, 0.3) is 0 Å². The normalized spacial score (nSPS) is 21.0. The number of likely N-dealkylation sites (tertiary alicyclic amines) is 1. The third-order valence-corrected chi connectivity index (χ3v) is 6.19. The molecule has 2 fully saturated rings. The number of thiazole rings is 1. The molecule has 2 aliphatic rings. The Morgan fingerprint density at radius 2 is 2.05 bits per heavy atom. The number of piperidine rings is 1. The molecule has 3 heterocycles. The highest BCUT2D eigenvalue weighted by atomic mass is 32.2. The number of aromatic nitrogens is 1. The number of rotatable bonds is 4. The Kier molecular flexibility index (Phi) is 5.97. The van der Waals surface area contributed by atoms with Crippen LogP contribution in [-0.4, -0.2) is 71.1 Å². The second-order valence-electron chi connectivity index (χ2n) is 5.77. The highest BCUT2D eigenvalue weighted by Crippen LogP contribution is 2.20. The molecule has 0 saturated carbocycles. The third kappa shape index (κ3) is 4.36. The van der Waals surface area contributed by atoms with Gasteiger partial charge in [0.2, 0.25) is 0 Å². The molecule has 0 unspecified atom stereocenters. The molecule has 0 spiro atoms. The maximum atomic E-state index is 12.2. The van der Waals surface area contributed by atoms with Gasteiger partial charge in [-0.3, -0.25) is 4.90 Å². The number of nitrogens with zero attached hydrogens (tertiary/aromatic N) is 3. The molecule has 1 N–H and O–H groups in total. The molecule has 2 aliphatic heterocycles. The van der Waals surface area contributed by atoms with E-state index in [0.717, 1.165) is 37.4 Å². The first-order valence-corrected chi connectivity index (χ1v) is 10.1. The largest absolute Gasteiger partial charge is 0.338 e. The molecule has 22 heavy (non-hydrogen) atoms. The standard InChI is InChI=1S/C15H24N4OS2/c20-15(17-4-1-14-16-5-10-22-14)19-6-2-13(3-7-19)18-8-11-21-12-9-18/h5,10,13H,1-4,6-9,11-12H2,(H,17,20). The minimum absolute atomic E-state index is 0.0872. The number of amides is 2. The van der Waals surface area contributed by atoms with Crippen molar-refractivity contribution in [1.82, 2.24) is 20.1 Å². The van der Waals surface area contributed by atoms with Crippen LogP contribution >= 0.6 is 23.1 Å². The van der Waals surface area contributed by atoms with Crippen molar-refractivity contribution in [2.45, 2.75) is 25.3 Å². The molecule has 0 aromatic carbocycles. The van der Waals surface area contributed by atoms with Crippen LogP contribution in [0, 0.1) is 0 Å². The van der Waals surface area contributed by atoms with Gasteiger partial charge in [0.15, 0.2) is 0 Å². The van der Waals surface area contributed by atoms with Crippen molar-refractivity contribution in [1.29, 1.82) is 0 Å². The number of thioether (sulfide) groups is 1. The van der Waals surface area contributed by atoms with Crippen LogP contribution < -0.4 is 5.32 Å². The van der Waals surface area contributed by atoms with Gasteiger partial charge >= 0.3 is 6.03 Å². The van der Waals surface area contributed by atoms with E-state index in [1.165, 1.54) is 24.6 Å². The van der Waals surface area contributed by atoms with Crippen molar-refractivity contribution in [3.63, 3.8) is 0 Å². The van der Waals surface area contributed by atoms with Gasteiger partial charge in [0.1, 0.15) is 0 Å². The van der Waals surface area contributed by atoms with Crippen LogP contribution in [0.2, 0.25) is 0 Å². The van der Waals surface area contributed by atoms with Gasteiger partial charge in [-0.05, 0) is 12.8 Å². The van der Waals surface area contributed by atoms with Crippen molar-refractivity contribution in [3.8, 4) is 0 Å². The molecule has 2 amide bonds. The van der Waals surface area contributed by atoms with Gasteiger partial charge in [-0.25, -0.2) is 9.78 Å². The predicted molar refractivity (Wildman–Crippen MR) is 92.7 cm³/mol. The van der Waals surface area contributed by atoms with Crippen molar-refractivity contribution in [3.05, 3.63) is 16.6 Å². The van der Waals surface area contributed by atoms with E-state index in [-0.39, 0.29) is 6.03 Å². The van der Waals surface area contributed by atoms with Gasteiger partial charge in [0, 0.05) is 68.3 Å². The first-order valence-electron chi connectivity index (χ1n) is 8.06. The van der Waals surface area contributed by atoms with Gasteiger partial charge in [0.05, 0.1) is 5.01 Å². The van der Waals surface area contributed by atoms with E-state index < -0.39 is 0 Å². The van der Waals surface area contributed by atoms with Gasteiger partial charge in [-0.1, -0.05) is 0 Å². The van der Waals surface area contributed by atoms with Crippen LogP contribution in [0.5, 0.6) is 0 Å². The Morgan fingerprint density at radius 3 is 2.73 bits per heavy atom. The Hall–Kier alpha value is -0.790. The predicted octanol–water partition coefficient (Wildman–Crippen LogP) is 1.91. The first-order chi connectivity index (χ1) is 10.8. The summed E-state index contributed by atoms with van der Waals surface area (Å²) in [6.45, 7) is 4.88. The first kappa shape index (κ1) is 16.1. The van der Waals surface area contributed by atoms with E-state index in [0.29, 0.717) is 12.6 Å². The molecule has 1 aromatic heterocycles. The lowest BCUT2D eigenvalue weighted by atomic mass is 10.0. The molecule has 5 nitrogen and oxygen atoms in total. The Labute approximate surface area is 140 Å². The summed E-state index contributed by atoms with van der Waals surface area (Å²) in [5, 5.41) is 6.08. The molecule has 122 valence electrons. The van der Waals surface area contributed by atoms with Crippen molar-refractivity contribution < 1.29 is 4.79 Å². The zero-order chi connectivity index (χ0) is 15.2. The molecular formula is C15H24N4OS2. The maximum absolute atomic E-state index is 12.2. The highest BCUT2D eigenvalue weighted by molar-refractivity contribution is 7.99. The SMILES string of the molecule is O=C(NCCc1nccs1)N1CCC(N2CCSCC2)CC1. The van der Waals surface area contributed by atoms with E-state index in [2.05, 4.69) is 27.0 Å². The zero-order valence-electron chi connectivity index (χ0n) is 12.9. The number of urea groups is 1. The Bertz CT molecular complexity index is 454. The smallest absolute Gasteiger partial charge is 0.317 e. The summed E-state index contributed by atoms with van der Waals surface area (Å²) >= 11 is 3.70. The fourth-order valence-corrected chi connectivity index (χ4v) is 4.69. The number of hydrogen-bond donors (Lipinski definition) is 1. The molecular weight excluding hydrogens is 316 g/mol. The topological polar surface area (TPSA) is 48.5 Å².